The van der Waals surface area contributed by atoms with E-state index in [2.05, 4.69) is 21.2 Å². The number of alkyl halides is 3. The zero-order valence-corrected chi connectivity index (χ0v) is 15.0. The number of halogens is 4. The molecule has 0 saturated heterocycles. The molecule has 0 bridgehead atoms. The van der Waals surface area contributed by atoms with Crippen LogP contribution in [0.4, 0.5) is 13.2 Å². The fourth-order valence-electron chi connectivity index (χ4n) is 1.81. The molecule has 1 heterocycles. The molecule has 0 saturated carbocycles. The Balaban J connectivity index is 2.07. The standard InChI is InChI=1S/C16H13BrF3N3OS/c17-12-8-25-7-11(12)15(24)23-14(22)6-5-13(21)9-1-3-10(4-2-9)16(18,19)20/h1-8H,21-22H2,(H,23,24)/b13-5-,14-6+. The third-order valence-corrected chi connectivity index (χ3v) is 4.81. The van der Waals surface area contributed by atoms with Crippen LogP contribution < -0.4 is 16.8 Å². The van der Waals surface area contributed by atoms with Crippen molar-refractivity contribution in [1.29, 1.82) is 0 Å². The second kappa shape index (κ2) is 7.75. The van der Waals surface area contributed by atoms with Gasteiger partial charge in [0.05, 0.1) is 11.1 Å². The number of hydrogen-bond donors (Lipinski definition) is 3. The van der Waals surface area contributed by atoms with Gasteiger partial charge in [0.1, 0.15) is 5.82 Å². The number of rotatable bonds is 4. The third-order valence-electron chi connectivity index (χ3n) is 3.11. The van der Waals surface area contributed by atoms with Gasteiger partial charge in [-0.3, -0.25) is 4.79 Å². The minimum absolute atomic E-state index is 0.0537. The van der Waals surface area contributed by atoms with Crippen molar-refractivity contribution in [2.75, 3.05) is 0 Å². The van der Waals surface area contributed by atoms with Crippen LogP contribution in [0.25, 0.3) is 5.70 Å². The van der Waals surface area contributed by atoms with Crippen molar-refractivity contribution in [3.8, 4) is 0 Å². The molecule has 0 aliphatic rings. The zero-order valence-electron chi connectivity index (χ0n) is 12.6. The van der Waals surface area contributed by atoms with Crippen molar-refractivity contribution in [3.63, 3.8) is 0 Å². The molecular formula is C16H13BrF3N3OS. The summed E-state index contributed by atoms with van der Waals surface area (Å²) in [6.45, 7) is 0. The second-order valence-electron chi connectivity index (χ2n) is 4.91. The van der Waals surface area contributed by atoms with Crippen LogP contribution in [0.15, 0.2) is 57.5 Å². The first kappa shape index (κ1) is 19.1. The van der Waals surface area contributed by atoms with Gasteiger partial charge in [0, 0.05) is 20.9 Å². The number of allylic oxidation sites excluding steroid dienone is 2. The van der Waals surface area contributed by atoms with E-state index in [4.69, 9.17) is 11.5 Å². The molecule has 0 unspecified atom stereocenters. The van der Waals surface area contributed by atoms with Gasteiger partial charge in [0.2, 0.25) is 0 Å². The summed E-state index contributed by atoms with van der Waals surface area (Å²) in [5.41, 5.74) is 11.8. The molecule has 1 aromatic carbocycles. The smallest absolute Gasteiger partial charge is 0.398 e. The Morgan fingerprint density at radius 2 is 1.76 bits per heavy atom. The van der Waals surface area contributed by atoms with E-state index in [-0.39, 0.29) is 17.4 Å². The van der Waals surface area contributed by atoms with E-state index >= 15 is 0 Å². The Labute approximate surface area is 154 Å². The van der Waals surface area contributed by atoms with Crippen LogP contribution >= 0.6 is 27.3 Å². The number of thiophene rings is 1. The molecule has 0 fully saturated rings. The Morgan fingerprint density at radius 1 is 1.12 bits per heavy atom. The molecule has 0 radical (unpaired) electrons. The molecule has 9 heteroatoms. The third kappa shape index (κ3) is 5.10. The highest BCUT2D eigenvalue weighted by Gasteiger charge is 2.29. The molecule has 0 atom stereocenters. The van der Waals surface area contributed by atoms with Crippen LogP contribution in [0.2, 0.25) is 0 Å². The van der Waals surface area contributed by atoms with E-state index < -0.39 is 11.7 Å². The molecule has 0 aliphatic heterocycles. The van der Waals surface area contributed by atoms with Crippen LogP contribution in [0.1, 0.15) is 21.5 Å². The van der Waals surface area contributed by atoms with Crippen molar-refractivity contribution in [2.24, 2.45) is 11.5 Å². The Hall–Kier alpha value is -2.26. The number of amides is 1. The SMILES string of the molecule is N/C(=C\C=C(/N)NC(=O)c1cscc1Br)c1ccc(C(F)(F)F)cc1. The maximum absolute atomic E-state index is 12.5. The van der Waals surface area contributed by atoms with E-state index in [1.54, 1.807) is 10.8 Å². The normalized spacial score (nSPS) is 13.0. The van der Waals surface area contributed by atoms with Gasteiger partial charge in [-0.2, -0.15) is 24.5 Å². The highest BCUT2D eigenvalue weighted by Crippen LogP contribution is 2.29. The summed E-state index contributed by atoms with van der Waals surface area (Å²) in [4.78, 5) is 12.0. The Morgan fingerprint density at radius 3 is 2.28 bits per heavy atom. The molecule has 4 nitrogen and oxygen atoms in total. The maximum Gasteiger partial charge on any atom is 0.416 e. The van der Waals surface area contributed by atoms with E-state index in [9.17, 15) is 18.0 Å². The minimum atomic E-state index is -4.40. The van der Waals surface area contributed by atoms with Crippen molar-refractivity contribution in [1.82, 2.24) is 5.32 Å². The molecule has 25 heavy (non-hydrogen) atoms. The lowest BCUT2D eigenvalue weighted by Gasteiger charge is -2.08. The summed E-state index contributed by atoms with van der Waals surface area (Å²) in [5, 5.41) is 5.91. The van der Waals surface area contributed by atoms with Gasteiger partial charge in [-0.25, -0.2) is 0 Å². The van der Waals surface area contributed by atoms with E-state index in [1.807, 2.05) is 0 Å². The first-order chi connectivity index (χ1) is 11.7. The van der Waals surface area contributed by atoms with Crippen LogP contribution in [0.3, 0.4) is 0 Å². The molecule has 2 rings (SSSR count). The van der Waals surface area contributed by atoms with Crippen molar-refractivity contribution < 1.29 is 18.0 Å². The van der Waals surface area contributed by atoms with Gasteiger partial charge in [0.15, 0.2) is 0 Å². The van der Waals surface area contributed by atoms with Gasteiger partial charge in [-0.15, -0.1) is 0 Å². The molecule has 5 N–H and O–H groups in total. The first-order valence-electron chi connectivity index (χ1n) is 6.82. The van der Waals surface area contributed by atoms with Crippen LogP contribution in [0, 0.1) is 0 Å². The van der Waals surface area contributed by atoms with E-state index in [1.165, 1.54) is 35.6 Å². The fraction of sp³-hybridized carbons (Fsp3) is 0.0625. The fourth-order valence-corrected chi connectivity index (χ4v) is 3.27. The van der Waals surface area contributed by atoms with Gasteiger partial charge in [-0.1, -0.05) is 12.1 Å². The second-order valence-corrected chi connectivity index (χ2v) is 6.50. The summed E-state index contributed by atoms with van der Waals surface area (Å²) in [6, 6.07) is 4.41. The quantitative estimate of drug-likeness (QED) is 0.638. The van der Waals surface area contributed by atoms with Crippen LogP contribution in [-0.2, 0) is 6.18 Å². The molecule has 1 aromatic heterocycles. The highest BCUT2D eigenvalue weighted by molar-refractivity contribution is 9.10. The summed E-state index contributed by atoms with van der Waals surface area (Å²) in [5.74, 6) is -0.332. The minimum Gasteiger partial charge on any atom is -0.398 e. The highest BCUT2D eigenvalue weighted by atomic mass is 79.9. The van der Waals surface area contributed by atoms with Crippen LogP contribution in [-0.4, -0.2) is 5.91 Å². The predicted molar refractivity (Wildman–Crippen MR) is 95.4 cm³/mol. The summed E-state index contributed by atoms with van der Waals surface area (Å²) in [7, 11) is 0. The van der Waals surface area contributed by atoms with E-state index in [0.29, 0.717) is 15.6 Å². The van der Waals surface area contributed by atoms with Crippen LogP contribution in [0.5, 0.6) is 0 Å². The number of nitrogens with two attached hydrogens (primary N) is 2. The summed E-state index contributed by atoms with van der Waals surface area (Å²) < 4.78 is 38.2. The molecule has 2 aromatic rings. The van der Waals surface area contributed by atoms with Gasteiger partial charge in [-0.05, 0) is 45.8 Å². The topological polar surface area (TPSA) is 81.1 Å². The first-order valence-corrected chi connectivity index (χ1v) is 8.55. The van der Waals surface area contributed by atoms with Crippen molar-refractivity contribution in [3.05, 3.63) is 74.2 Å². The van der Waals surface area contributed by atoms with Gasteiger partial charge >= 0.3 is 6.18 Å². The number of nitrogens with one attached hydrogen (secondary N) is 1. The van der Waals surface area contributed by atoms with Gasteiger partial charge < -0.3 is 16.8 Å². The molecule has 0 aliphatic carbocycles. The zero-order chi connectivity index (χ0) is 18.6. The lowest BCUT2D eigenvalue weighted by molar-refractivity contribution is -0.137. The molecule has 1 amide bonds. The number of carbonyl (C=O) groups excluding carboxylic acids is 1. The lowest BCUT2D eigenvalue weighted by atomic mass is 10.1. The molecular weight excluding hydrogens is 419 g/mol. The number of benzene rings is 1. The summed E-state index contributed by atoms with van der Waals surface area (Å²) >= 11 is 4.61. The largest absolute Gasteiger partial charge is 0.416 e. The van der Waals surface area contributed by atoms with Crippen molar-refractivity contribution >= 4 is 38.9 Å². The summed E-state index contributed by atoms with van der Waals surface area (Å²) in [6.07, 6.45) is -1.63. The predicted octanol–water partition coefficient (Wildman–Crippen LogP) is 4.06. The molecule has 0 spiro atoms. The lowest BCUT2D eigenvalue weighted by Crippen LogP contribution is -2.27. The number of carbonyl (C=O) groups is 1. The van der Waals surface area contributed by atoms with Gasteiger partial charge in [0.25, 0.3) is 5.91 Å². The molecule has 132 valence electrons. The van der Waals surface area contributed by atoms with E-state index in [0.717, 1.165) is 12.1 Å². The van der Waals surface area contributed by atoms with Crippen molar-refractivity contribution in [2.45, 2.75) is 6.18 Å². The Kier molecular flexibility index (Phi) is 5.91. The average molecular weight is 432 g/mol. The average Bonchev–Trinajstić information content (AvgIpc) is 2.98. The maximum atomic E-state index is 12.5. The Bertz CT molecular complexity index is 826. The monoisotopic (exact) mass is 431 g/mol. The number of hydrogen-bond acceptors (Lipinski definition) is 4.